The minimum absolute atomic E-state index is 0.129. The fourth-order valence-electron chi connectivity index (χ4n) is 2.83. The lowest BCUT2D eigenvalue weighted by atomic mass is 10.1. The van der Waals surface area contributed by atoms with E-state index in [1.165, 1.54) is 22.5 Å². The molecule has 1 amide bonds. The largest absolute Gasteiger partial charge is 0.471 e. The van der Waals surface area contributed by atoms with E-state index in [1.54, 1.807) is 17.8 Å². The van der Waals surface area contributed by atoms with Crippen molar-refractivity contribution in [2.45, 2.75) is 40.5 Å². The van der Waals surface area contributed by atoms with Crippen LogP contribution in [0.25, 0.3) is 0 Å². The molecular weight excluding hydrogens is 376 g/mol. The second kappa shape index (κ2) is 8.55. The van der Waals surface area contributed by atoms with Crippen molar-refractivity contribution in [3.63, 3.8) is 0 Å². The Morgan fingerprint density at radius 3 is 2.76 bits per heavy atom. The first-order chi connectivity index (χ1) is 13.8. The van der Waals surface area contributed by atoms with Crippen LogP contribution < -0.4 is 10.1 Å². The molecule has 1 aromatic carbocycles. The van der Waals surface area contributed by atoms with Gasteiger partial charge in [-0.25, -0.2) is 4.68 Å². The molecule has 0 aliphatic heterocycles. The van der Waals surface area contributed by atoms with E-state index in [0.29, 0.717) is 11.4 Å². The van der Waals surface area contributed by atoms with Gasteiger partial charge in [-0.15, -0.1) is 0 Å². The number of aryl methyl sites for hydroxylation is 4. The third kappa shape index (κ3) is 5.18. The molecule has 0 atom stereocenters. The number of carbonyl (C=O) groups is 1. The smallest absolute Gasteiger partial charge is 0.390 e. The van der Waals surface area contributed by atoms with Crippen LogP contribution in [0.4, 0.5) is 11.5 Å². The molecule has 29 heavy (non-hydrogen) atoms. The minimum atomic E-state index is -0.557. The van der Waals surface area contributed by atoms with Crippen molar-refractivity contribution in [2.75, 3.05) is 5.32 Å². The number of benzene rings is 1. The number of hydrogen-bond acceptors (Lipinski definition) is 6. The number of nitro groups is 1. The lowest BCUT2D eigenvalue weighted by Gasteiger charge is -2.09. The first-order valence-electron chi connectivity index (χ1n) is 9.03. The maximum atomic E-state index is 12.1. The molecule has 0 unspecified atom stereocenters. The topological polar surface area (TPSA) is 117 Å². The zero-order valence-electron chi connectivity index (χ0n) is 16.5. The van der Waals surface area contributed by atoms with Crippen molar-refractivity contribution < 1.29 is 14.5 Å². The summed E-state index contributed by atoms with van der Waals surface area (Å²) in [7, 11) is 0. The molecule has 1 N–H and O–H groups in total. The van der Waals surface area contributed by atoms with Crippen LogP contribution in [0.3, 0.4) is 0 Å². The third-order valence-electron chi connectivity index (χ3n) is 4.31. The number of nitrogens with one attached hydrogen (secondary N) is 1. The first-order valence-corrected chi connectivity index (χ1v) is 9.03. The highest BCUT2D eigenvalue weighted by molar-refractivity contribution is 5.90. The molecule has 0 fully saturated rings. The number of nitrogens with zero attached hydrogens (tertiary/aromatic N) is 5. The number of rotatable bonds is 8. The molecule has 2 aromatic heterocycles. The lowest BCUT2D eigenvalue weighted by molar-refractivity contribution is -0.389. The van der Waals surface area contributed by atoms with Crippen molar-refractivity contribution in [1.82, 2.24) is 19.6 Å². The first kappa shape index (κ1) is 20.1. The Balaban J connectivity index is 1.50. The van der Waals surface area contributed by atoms with Crippen LogP contribution in [0.15, 0.2) is 36.7 Å². The van der Waals surface area contributed by atoms with E-state index < -0.39 is 4.92 Å². The molecule has 0 bridgehead atoms. The van der Waals surface area contributed by atoms with Crippen molar-refractivity contribution in [2.24, 2.45) is 0 Å². The maximum Gasteiger partial charge on any atom is 0.390 e. The summed E-state index contributed by atoms with van der Waals surface area (Å²) in [6, 6.07) is 7.31. The molecule has 0 saturated heterocycles. The van der Waals surface area contributed by atoms with Gasteiger partial charge in [0, 0.05) is 6.42 Å². The molecule has 0 saturated carbocycles. The SMILES string of the molecule is Cc1ccc(OCn2cc(NC(=O)CCn3nc([N+](=O)[O-])cc3C)cn2)c(C)c1. The number of aromatic nitrogens is 4. The number of anilines is 1. The fraction of sp³-hybridized carbons (Fsp3) is 0.316. The summed E-state index contributed by atoms with van der Waals surface area (Å²) in [5.74, 6) is 0.311. The number of carbonyl (C=O) groups excluding carboxylic acids is 1. The molecular formula is C19H22N6O4. The van der Waals surface area contributed by atoms with Gasteiger partial charge in [0.25, 0.3) is 0 Å². The summed E-state index contributed by atoms with van der Waals surface area (Å²) in [5.41, 5.74) is 3.38. The lowest BCUT2D eigenvalue weighted by Crippen LogP contribution is -2.15. The van der Waals surface area contributed by atoms with E-state index >= 15 is 0 Å². The van der Waals surface area contributed by atoms with Gasteiger partial charge in [-0.1, -0.05) is 17.7 Å². The molecule has 0 aliphatic rings. The van der Waals surface area contributed by atoms with Crippen molar-refractivity contribution in [3.8, 4) is 5.75 Å². The van der Waals surface area contributed by atoms with E-state index in [9.17, 15) is 14.9 Å². The fourth-order valence-corrected chi connectivity index (χ4v) is 2.83. The van der Waals surface area contributed by atoms with E-state index in [0.717, 1.165) is 11.3 Å². The highest BCUT2D eigenvalue weighted by Gasteiger charge is 2.16. The van der Waals surface area contributed by atoms with Gasteiger partial charge in [0.05, 0.1) is 41.5 Å². The monoisotopic (exact) mass is 398 g/mol. The predicted molar refractivity (Wildman–Crippen MR) is 106 cm³/mol. The normalized spacial score (nSPS) is 10.7. The van der Waals surface area contributed by atoms with Gasteiger partial charge in [0.2, 0.25) is 5.91 Å². The average molecular weight is 398 g/mol. The minimum Gasteiger partial charge on any atom is -0.471 e. The zero-order chi connectivity index (χ0) is 21.0. The van der Waals surface area contributed by atoms with Crippen molar-refractivity contribution in [3.05, 3.63) is 63.6 Å². The molecule has 10 heteroatoms. The van der Waals surface area contributed by atoms with E-state index in [4.69, 9.17) is 4.74 Å². The molecule has 152 valence electrons. The van der Waals surface area contributed by atoms with Crippen LogP contribution >= 0.6 is 0 Å². The number of hydrogen-bond donors (Lipinski definition) is 1. The van der Waals surface area contributed by atoms with Crippen LogP contribution in [0.2, 0.25) is 0 Å². The zero-order valence-corrected chi connectivity index (χ0v) is 16.5. The Morgan fingerprint density at radius 2 is 2.07 bits per heavy atom. The summed E-state index contributed by atoms with van der Waals surface area (Å²) in [5, 5.41) is 21.5. The summed E-state index contributed by atoms with van der Waals surface area (Å²) < 4.78 is 8.78. The Labute approximate surface area is 167 Å². The van der Waals surface area contributed by atoms with Crippen LogP contribution in [0, 0.1) is 30.9 Å². The molecule has 2 heterocycles. The summed E-state index contributed by atoms with van der Waals surface area (Å²) in [6.07, 6.45) is 3.34. The van der Waals surface area contributed by atoms with Gasteiger partial charge < -0.3 is 20.2 Å². The van der Waals surface area contributed by atoms with Crippen LogP contribution in [0.5, 0.6) is 5.75 Å². The average Bonchev–Trinajstić information content (AvgIpc) is 3.25. The van der Waals surface area contributed by atoms with Crippen molar-refractivity contribution in [1.29, 1.82) is 0 Å². The van der Waals surface area contributed by atoms with Crippen molar-refractivity contribution >= 4 is 17.4 Å². The third-order valence-corrected chi connectivity index (χ3v) is 4.31. The standard InChI is InChI=1S/C19H22N6O4/c1-13-4-5-17(14(2)8-13)29-12-23-11-16(10-20-23)21-19(26)6-7-24-15(3)9-18(22-24)25(27)28/h4-5,8-11H,6-7,12H2,1-3H3,(H,21,26). The molecule has 0 aliphatic carbocycles. The van der Waals surface area contributed by atoms with Crippen LogP contribution in [-0.2, 0) is 18.1 Å². The Bertz CT molecular complexity index is 1040. The molecule has 0 spiro atoms. The second-order valence-corrected chi connectivity index (χ2v) is 6.73. The van der Waals surface area contributed by atoms with E-state index in [1.807, 2.05) is 32.0 Å². The summed E-state index contributed by atoms with van der Waals surface area (Å²) >= 11 is 0. The quantitative estimate of drug-likeness (QED) is 0.460. The Hall–Kier alpha value is -3.69. The Morgan fingerprint density at radius 1 is 1.28 bits per heavy atom. The van der Waals surface area contributed by atoms with Gasteiger partial charge in [-0.2, -0.15) is 9.78 Å². The van der Waals surface area contributed by atoms with Gasteiger partial charge in [0.1, 0.15) is 5.75 Å². The van der Waals surface area contributed by atoms with Gasteiger partial charge in [0.15, 0.2) is 6.73 Å². The summed E-state index contributed by atoms with van der Waals surface area (Å²) in [4.78, 5) is 22.3. The number of amides is 1. The highest BCUT2D eigenvalue weighted by atomic mass is 16.6. The second-order valence-electron chi connectivity index (χ2n) is 6.73. The van der Waals surface area contributed by atoms with Gasteiger partial charge in [-0.05, 0) is 37.3 Å². The summed E-state index contributed by atoms with van der Waals surface area (Å²) in [6.45, 7) is 6.17. The van der Waals surface area contributed by atoms with Crippen LogP contribution in [-0.4, -0.2) is 30.4 Å². The van der Waals surface area contributed by atoms with E-state index in [-0.39, 0.29) is 31.4 Å². The molecule has 10 nitrogen and oxygen atoms in total. The van der Waals surface area contributed by atoms with Gasteiger partial charge in [-0.3, -0.25) is 4.79 Å². The van der Waals surface area contributed by atoms with Gasteiger partial charge >= 0.3 is 5.82 Å². The number of ether oxygens (including phenoxy) is 1. The predicted octanol–water partition coefficient (Wildman–Crippen LogP) is 2.98. The van der Waals surface area contributed by atoms with Crippen LogP contribution in [0.1, 0.15) is 23.2 Å². The van der Waals surface area contributed by atoms with E-state index in [2.05, 4.69) is 15.5 Å². The molecule has 3 rings (SSSR count). The Kier molecular flexibility index (Phi) is 5.91. The maximum absolute atomic E-state index is 12.1. The highest BCUT2D eigenvalue weighted by Crippen LogP contribution is 2.19. The molecule has 0 radical (unpaired) electrons. The molecule has 3 aromatic rings.